The maximum Gasteiger partial charge on any atom is 0.257 e. The molecule has 12 rings (SSSR count). The Kier molecular flexibility index (Phi) is 6.06. The highest BCUT2D eigenvalue weighted by Gasteiger charge is 2.57. The number of nitrogens with zero attached hydrogens (tertiary/aromatic N) is 2. The zero-order valence-corrected chi connectivity index (χ0v) is 32.2. The van der Waals surface area contributed by atoms with Gasteiger partial charge < -0.3 is 19.3 Å². The van der Waals surface area contributed by atoms with E-state index in [1.54, 1.807) is 0 Å². The molecule has 7 aromatic rings. The van der Waals surface area contributed by atoms with Crippen LogP contribution in [0.2, 0.25) is 0 Å². The van der Waals surface area contributed by atoms with Crippen LogP contribution in [0.3, 0.4) is 0 Å². The molecule has 5 aliphatic rings. The van der Waals surface area contributed by atoms with Crippen molar-refractivity contribution in [3.63, 3.8) is 0 Å². The molecule has 0 radical (unpaired) electrons. The molecule has 0 unspecified atom stereocenters. The number of anilines is 5. The van der Waals surface area contributed by atoms with Gasteiger partial charge in [-0.05, 0) is 96.7 Å². The van der Waals surface area contributed by atoms with Crippen LogP contribution in [0.1, 0.15) is 37.5 Å². The Bertz CT molecular complexity index is 2830. The van der Waals surface area contributed by atoms with E-state index in [0.717, 1.165) is 39.6 Å². The maximum absolute atomic E-state index is 7.32. The average Bonchev–Trinajstić information content (AvgIpc) is 3.35. The Balaban J connectivity index is 1.27. The molecule has 7 aromatic carbocycles. The Morgan fingerprint density at radius 2 is 1.09 bits per heavy atom. The van der Waals surface area contributed by atoms with Crippen LogP contribution in [0, 0.1) is 0 Å². The van der Waals surface area contributed by atoms with Crippen LogP contribution in [-0.2, 0) is 5.41 Å². The number of rotatable bonds is 0. The molecule has 5 heterocycles. The molecule has 5 aliphatic heterocycles. The van der Waals surface area contributed by atoms with E-state index >= 15 is 0 Å². The lowest BCUT2D eigenvalue weighted by Gasteiger charge is -2.52. The molecule has 1 spiro atoms. The van der Waals surface area contributed by atoms with Gasteiger partial charge in [-0.25, -0.2) is 0 Å². The Labute approximate surface area is 323 Å². The first-order valence-corrected chi connectivity index (χ1v) is 21.3. The molecule has 0 bridgehead atoms. The molecule has 4 nitrogen and oxygen atoms in total. The third-order valence-electron chi connectivity index (χ3n) is 12.7. The van der Waals surface area contributed by atoms with Crippen LogP contribution >= 0.6 is 0 Å². The van der Waals surface area contributed by atoms with E-state index in [-0.39, 0.29) is 12.1 Å². The number of ether oxygens (including phenoxy) is 2. The van der Waals surface area contributed by atoms with E-state index in [9.17, 15) is 0 Å². The van der Waals surface area contributed by atoms with Crippen molar-refractivity contribution in [1.29, 1.82) is 0 Å². The van der Waals surface area contributed by atoms with Crippen molar-refractivity contribution in [2.75, 3.05) is 16.8 Å². The molecule has 0 amide bonds. The summed E-state index contributed by atoms with van der Waals surface area (Å²) in [6, 6.07) is 56.4. The zero-order chi connectivity index (χ0) is 36.8. The third kappa shape index (κ3) is 3.87. The molecule has 0 N–H and O–H groups in total. The van der Waals surface area contributed by atoms with Gasteiger partial charge in [0.25, 0.3) is 6.71 Å². The summed E-state index contributed by atoms with van der Waals surface area (Å²) in [5, 5.41) is 5.71. The van der Waals surface area contributed by atoms with Gasteiger partial charge in [-0.3, -0.25) is 0 Å². The first-order valence-electron chi connectivity index (χ1n) is 19.3. The standard InChI is InChI=1S/C49H37BN2O2Si/c1-49(2,3)30-28-37-46-40(29-30)54-48-32-17-6-11-23-39(32)53-38-22-10-5-16-31(38)45(48)50(46)33-18-15-27-44-47(33)52(37)36-21-9-14-26-43(36)55(44)41-24-12-7-19-34(41)51(4)35-20-8-13-25-42(35)55/h5-29H,1-4H3. The molecule has 0 saturated carbocycles. The fraction of sp³-hybridized carbons (Fsp3) is 0.102. The van der Waals surface area contributed by atoms with Crippen molar-refractivity contribution in [2.45, 2.75) is 26.2 Å². The number of hydrogen-bond acceptors (Lipinski definition) is 4. The Hall–Kier alpha value is -6.24. The van der Waals surface area contributed by atoms with E-state index < -0.39 is 8.07 Å². The smallest absolute Gasteiger partial charge is 0.257 e. The molecule has 6 heteroatoms. The molecule has 0 fully saturated rings. The summed E-state index contributed by atoms with van der Waals surface area (Å²) in [5.41, 5.74) is 13.2. The number of para-hydroxylation sites is 6. The minimum Gasteiger partial charge on any atom is -0.458 e. The van der Waals surface area contributed by atoms with Gasteiger partial charge in [0.1, 0.15) is 23.0 Å². The first kappa shape index (κ1) is 31.1. The molecule has 0 aromatic heterocycles. The van der Waals surface area contributed by atoms with Gasteiger partial charge in [0.2, 0.25) is 0 Å². The highest BCUT2D eigenvalue weighted by molar-refractivity contribution is 7.23. The molecule has 262 valence electrons. The monoisotopic (exact) mass is 724 g/mol. The summed E-state index contributed by atoms with van der Waals surface area (Å²) in [4.78, 5) is 5.01. The van der Waals surface area contributed by atoms with Gasteiger partial charge >= 0.3 is 0 Å². The van der Waals surface area contributed by atoms with Crippen LogP contribution in [0.4, 0.5) is 28.4 Å². The van der Waals surface area contributed by atoms with Gasteiger partial charge in [0, 0.05) is 41.0 Å². The number of hydrogen-bond donors (Lipinski definition) is 0. The van der Waals surface area contributed by atoms with Crippen molar-refractivity contribution in [2.24, 2.45) is 0 Å². The minimum atomic E-state index is -2.90. The molecule has 55 heavy (non-hydrogen) atoms. The summed E-state index contributed by atoms with van der Waals surface area (Å²) >= 11 is 0. The third-order valence-corrected chi connectivity index (χ3v) is 17.6. The predicted octanol–water partition coefficient (Wildman–Crippen LogP) is 7.75. The topological polar surface area (TPSA) is 24.9 Å². The summed E-state index contributed by atoms with van der Waals surface area (Å²) in [6.45, 7) is 6.81. The molecular formula is C49H37BN2O2Si. The maximum atomic E-state index is 7.32. The molecule has 0 saturated heterocycles. The molecular weight excluding hydrogens is 687 g/mol. The minimum absolute atomic E-state index is 0.0991. The fourth-order valence-electron chi connectivity index (χ4n) is 10.3. The van der Waals surface area contributed by atoms with Gasteiger partial charge in [-0.1, -0.05) is 124 Å². The van der Waals surface area contributed by atoms with Gasteiger partial charge in [-0.15, -0.1) is 0 Å². The van der Waals surface area contributed by atoms with Crippen molar-refractivity contribution in [3.8, 4) is 17.2 Å². The lowest BCUT2D eigenvalue weighted by molar-refractivity contribution is 0.473. The predicted molar refractivity (Wildman–Crippen MR) is 230 cm³/mol. The second-order valence-corrected chi connectivity index (χ2v) is 20.1. The highest BCUT2D eigenvalue weighted by Crippen LogP contribution is 2.51. The lowest BCUT2D eigenvalue weighted by Crippen LogP contribution is -2.80. The van der Waals surface area contributed by atoms with E-state index in [4.69, 9.17) is 9.47 Å². The molecule has 0 atom stereocenters. The first-order chi connectivity index (χ1) is 26.9. The van der Waals surface area contributed by atoms with Crippen LogP contribution in [0.15, 0.2) is 152 Å². The van der Waals surface area contributed by atoms with E-state index in [1.807, 2.05) is 6.07 Å². The normalized spacial score (nSPS) is 15.9. The van der Waals surface area contributed by atoms with E-state index in [0.29, 0.717) is 0 Å². The SMILES string of the molecule is CN1c2ccccc2[Si]2(c3ccccc31)c1ccccc1N1c3cc(C(C)(C)C)cc4c3B(C3=C(O4)c4ccccc4Oc4ccccc43)c3cccc2c31. The van der Waals surface area contributed by atoms with E-state index in [2.05, 4.69) is 183 Å². The van der Waals surface area contributed by atoms with Crippen molar-refractivity contribution in [3.05, 3.63) is 168 Å². The van der Waals surface area contributed by atoms with Crippen molar-refractivity contribution in [1.82, 2.24) is 0 Å². The number of fused-ring (bicyclic) bond motifs is 15. The average molecular weight is 725 g/mol. The van der Waals surface area contributed by atoms with Crippen molar-refractivity contribution >= 4 is 86.1 Å². The Morgan fingerprint density at radius 3 is 1.78 bits per heavy atom. The lowest BCUT2D eigenvalue weighted by atomic mass is 9.32. The quantitative estimate of drug-likeness (QED) is 0.150. The van der Waals surface area contributed by atoms with Gasteiger partial charge in [0.05, 0.1) is 5.56 Å². The zero-order valence-electron chi connectivity index (χ0n) is 31.2. The van der Waals surface area contributed by atoms with Crippen LogP contribution < -0.4 is 50.9 Å². The highest BCUT2D eigenvalue weighted by atomic mass is 28.3. The summed E-state index contributed by atoms with van der Waals surface area (Å²) < 4.78 is 14.1. The molecule has 0 aliphatic carbocycles. The van der Waals surface area contributed by atoms with Crippen LogP contribution in [0.25, 0.3) is 11.2 Å². The van der Waals surface area contributed by atoms with Crippen molar-refractivity contribution < 1.29 is 9.47 Å². The van der Waals surface area contributed by atoms with Crippen LogP contribution in [-0.4, -0.2) is 21.8 Å². The van der Waals surface area contributed by atoms with Crippen LogP contribution in [0.5, 0.6) is 17.2 Å². The van der Waals surface area contributed by atoms with Gasteiger partial charge in [0.15, 0.2) is 8.07 Å². The van der Waals surface area contributed by atoms with Gasteiger partial charge in [-0.2, -0.15) is 0 Å². The summed E-state index contributed by atoms with van der Waals surface area (Å²) in [6.07, 6.45) is 0. The fourth-order valence-corrected chi connectivity index (χ4v) is 15.9. The second kappa shape index (κ2) is 10.7. The summed E-state index contributed by atoms with van der Waals surface area (Å²) in [7, 11) is -0.670. The van der Waals surface area contributed by atoms with E-state index in [1.165, 1.54) is 65.7 Å². The summed E-state index contributed by atoms with van der Waals surface area (Å²) in [5.74, 6) is 3.45. The second-order valence-electron chi connectivity index (χ2n) is 16.5. The Morgan fingerprint density at radius 1 is 0.527 bits per heavy atom. The number of benzene rings is 7. The largest absolute Gasteiger partial charge is 0.458 e.